The maximum absolute atomic E-state index is 10.4. The first-order valence-electron chi connectivity index (χ1n) is 8.54. The number of piperidine rings is 1. The first-order chi connectivity index (χ1) is 11.7. The van der Waals surface area contributed by atoms with Crippen molar-refractivity contribution < 1.29 is 9.94 Å². The average molecular weight is 350 g/mol. The Hall–Kier alpha value is -1.56. The van der Waals surface area contributed by atoms with E-state index in [0.717, 1.165) is 29.2 Å². The minimum Gasteiger partial charge on any atom is -0.478 e. The van der Waals surface area contributed by atoms with Crippen molar-refractivity contribution in [3.05, 3.63) is 41.3 Å². The van der Waals surface area contributed by atoms with Gasteiger partial charge in [-0.25, -0.2) is 5.06 Å². The largest absolute Gasteiger partial charge is 0.478 e. The molecule has 5 nitrogen and oxygen atoms in total. The second-order valence-electron chi connectivity index (χ2n) is 6.31. The van der Waals surface area contributed by atoms with Crippen LogP contribution in [-0.4, -0.2) is 46.6 Å². The van der Waals surface area contributed by atoms with Crippen LogP contribution in [0, 0.1) is 5.41 Å². The van der Waals surface area contributed by atoms with E-state index in [2.05, 4.69) is 4.90 Å². The van der Waals surface area contributed by atoms with Crippen molar-refractivity contribution in [2.75, 3.05) is 26.2 Å². The molecule has 1 aromatic rings. The number of nitrogens with zero attached hydrogens (tertiary/aromatic N) is 2. The van der Waals surface area contributed by atoms with Crippen LogP contribution < -0.4 is 0 Å². The van der Waals surface area contributed by atoms with E-state index in [4.69, 9.17) is 21.7 Å². The molecular weight excluding hydrogens is 326 g/mol. The third kappa shape index (κ3) is 3.91. The molecule has 0 amide bonds. The van der Waals surface area contributed by atoms with E-state index < -0.39 is 6.04 Å². The van der Waals surface area contributed by atoms with Crippen molar-refractivity contribution in [3.8, 4) is 0 Å². The van der Waals surface area contributed by atoms with E-state index in [-0.39, 0.29) is 5.17 Å². The average Bonchev–Trinajstić information content (AvgIpc) is 2.59. The second kappa shape index (κ2) is 8.01. The molecule has 2 aliphatic heterocycles. The molecule has 6 heteroatoms. The van der Waals surface area contributed by atoms with Crippen LogP contribution in [0.15, 0.2) is 30.1 Å². The molecule has 0 aromatic heterocycles. The topological polar surface area (TPSA) is 59.8 Å². The lowest BCUT2D eigenvalue weighted by molar-refractivity contribution is -0.123. The summed E-state index contributed by atoms with van der Waals surface area (Å²) >= 11 is 5.90. The van der Waals surface area contributed by atoms with Gasteiger partial charge in [-0.1, -0.05) is 42.3 Å². The number of fused-ring (bicyclic) bond motifs is 1. The SMILES string of the molecule is N=C(Cl)C1c2ccccc2C=C(OCCCN2CCCCC2)N1O. The Balaban J connectivity index is 1.60. The Bertz CT molecular complexity index is 614. The highest BCUT2D eigenvalue weighted by molar-refractivity contribution is 6.65. The van der Waals surface area contributed by atoms with E-state index in [1.165, 1.54) is 32.4 Å². The van der Waals surface area contributed by atoms with Crippen molar-refractivity contribution in [3.63, 3.8) is 0 Å². The van der Waals surface area contributed by atoms with Gasteiger partial charge in [-0.15, -0.1) is 0 Å². The third-order valence-electron chi connectivity index (χ3n) is 4.60. The number of hydrogen-bond acceptors (Lipinski definition) is 5. The zero-order chi connectivity index (χ0) is 16.9. The van der Waals surface area contributed by atoms with E-state index in [1.807, 2.05) is 24.3 Å². The molecule has 2 heterocycles. The highest BCUT2D eigenvalue weighted by Crippen LogP contribution is 2.34. The van der Waals surface area contributed by atoms with Crippen molar-refractivity contribution in [1.29, 1.82) is 5.41 Å². The number of rotatable bonds is 6. The summed E-state index contributed by atoms with van der Waals surface area (Å²) in [5, 5.41) is 19.0. The molecule has 1 atom stereocenters. The van der Waals surface area contributed by atoms with E-state index in [1.54, 1.807) is 6.08 Å². The summed E-state index contributed by atoms with van der Waals surface area (Å²) in [5.41, 5.74) is 1.73. The molecule has 3 rings (SSSR count). The van der Waals surface area contributed by atoms with Gasteiger partial charge in [0.15, 0.2) is 0 Å². The fourth-order valence-corrected chi connectivity index (χ4v) is 3.56. The van der Waals surface area contributed by atoms with Crippen LogP contribution in [0.4, 0.5) is 0 Å². The first-order valence-corrected chi connectivity index (χ1v) is 8.92. The predicted molar refractivity (Wildman–Crippen MR) is 95.2 cm³/mol. The van der Waals surface area contributed by atoms with Gasteiger partial charge >= 0.3 is 0 Å². The van der Waals surface area contributed by atoms with Gasteiger partial charge in [-0.3, -0.25) is 10.6 Å². The van der Waals surface area contributed by atoms with E-state index in [0.29, 0.717) is 12.5 Å². The van der Waals surface area contributed by atoms with Gasteiger partial charge in [0.25, 0.3) is 0 Å². The number of benzene rings is 1. The van der Waals surface area contributed by atoms with Crippen molar-refractivity contribution >= 4 is 22.8 Å². The second-order valence-corrected chi connectivity index (χ2v) is 6.72. The summed E-state index contributed by atoms with van der Waals surface area (Å²) in [7, 11) is 0. The zero-order valence-corrected chi connectivity index (χ0v) is 14.5. The van der Waals surface area contributed by atoms with Gasteiger partial charge in [0.2, 0.25) is 5.88 Å². The van der Waals surface area contributed by atoms with Crippen LogP contribution in [0.25, 0.3) is 6.08 Å². The number of hydrogen-bond donors (Lipinski definition) is 2. The predicted octanol–water partition coefficient (Wildman–Crippen LogP) is 3.84. The van der Waals surface area contributed by atoms with Crippen LogP contribution >= 0.6 is 11.6 Å². The molecule has 24 heavy (non-hydrogen) atoms. The molecular formula is C18H24ClN3O2. The molecule has 130 valence electrons. The molecule has 0 saturated carbocycles. The summed E-state index contributed by atoms with van der Waals surface area (Å²) in [6.45, 7) is 3.90. The normalized spacial score (nSPS) is 21.2. The zero-order valence-electron chi connectivity index (χ0n) is 13.7. The number of halogens is 1. The maximum atomic E-state index is 10.4. The number of nitrogens with one attached hydrogen (secondary N) is 1. The fraction of sp³-hybridized carbons (Fsp3) is 0.500. The van der Waals surface area contributed by atoms with E-state index >= 15 is 0 Å². The van der Waals surface area contributed by atoms with Crippen LogP contribution in [0.3, 0.4) is 0 Å². The first kappa shape index (κ1) is 17.3. The lowest BCUT2D eigenvalue weighted by atomic mass is 9.97. The number of likely N-dealkylation sites (tertiary alicyclic amines) is 1. The summed E-state index contributed by atoms with van der Waals surface area (Å²) in [4.78, 5) is 2.46. The lowest BCUT2D eigenvalue weighted by Gasteiger charge is -2.33. The van der Waals surface area contributed by atoms with Gasteiger partial charge in [0.05, 0.1) is 6.61 Å². The summed E-state index contributed by atoms with van der Waals surface area (Å²) in [6.07, 6.45) is 6.62. The molecule has 0 aliphatic carbocycles. The summed E-state index contributed by atoms with van der Waals surface area (Å²) in [6, 6.07) is 6.89. The van der Waals surface area contributed by atoms with Crippen LogP contribution in [0.2, 0.25) is 0 Å². The molecule has 2 aliphatic rings. The fourth-order valence-electron chi connectivity index (χ4n) is 3.35. The highest BCUT2D eigenvalue weighted by Gasteiger charge is 2.31. The van der Waals surface area contributed by atoms with Gasteiger partial charge in [0, 0.05) is 12.6 Å². The molecule has 1 saturated heterocycles. The summed E-state index contributed by atoms with van der Waals surface area (Å²) < 4.78 is 5.78. The van der Waals surface area contributed by atoms with Crippen LogP contribution in [0.5, 0.6) is 0 Å². The van der Waals surface area contributed by atoms with Crippen molar-refractivity contribution in [2.24, 2.45) is 0 Å². The van der Waals surface area contributed by atoms with Gasteiger partial charge < -0.3 is 9.64 Å². The monoisotopic (exact) mass is 349 g/mol. The van der Waals surface area contributed by atoms with Crippen LogP contribution in [0.1, 0.15) is 42.9 Å². The van der Waals surface area contributed by atoms with Gasteiger partial charge in [-0.2, -0.15) is 0 Å². The minimum absolute atomic E-state index is 0.132. The molecule has 0 spiro atoms. The molecule has 0 radical (unpaired) electrons. The molecule has 2 N–H and O–H groups in total. The molecule has 1 aromatic carbocycles. The Kier molecular flexibility index (Phi) is 5.76. The van der Waals surface area contributed by atoms with Crippen molar-refractivity contribution in [1.82, 2.24) is 9.96 Å². The Morgan fingerprint density at radius 3 is 2.75 bits per heavy atom. The third-order valence-corrected chi connectivity index (χ3v) is 4.80. The quantitative estimate of drug-likeness (QED) is 0.605. The molecule has 1 fully saturated rings. The van der Waals surface area contributed by atoms with Crippen LogP contribution in [-0.2, 0) is 4.74 Å². The summed E-state index contributed by atoms with van der Waals surface area (Å²) in [5.74, 6) is 0.350. The minimum atomic E-state index is -0.704. The Morgan fingerprint density at radius 1 is 1.25 bits per heavy atom. The van der Waals surface area contributed by atoms with Crippen molar-refractivity contribution in [2.45, 2.75) is 31.7 Å². The molecule has 1 unspecified atom stereocenters. The Morgan fingerprint density at radius 2 is 2.00 bits per heavy atom. The molecule has 0 bridgehead atoms. The standard InChI is InChI=1S/C18H24ClN3O2/c19-18(20)17-15-8-3-2-7-14(15)13-16(22(17)23)24-12-6-11-21-9-4-1-5-10-21/h2-3,7-8,13,17,20,23H,1,4-6,9-12H2. The van der Waals surface area contributed by atoms with E-state index in [9.17, 15) is 5.21 Å². The number of hydroxylamine groups is 2. The van der Waals surface area contributed by atoms with Gasteiger partial charge in [-0.05, 0) is 43.5 Å². The maximum Gasteiger partial charge on any atom is 0.215 e. The highest BCUT2D eigenvalue weighted by atomic mass is 35.5. The van der Waals surface area contributed by atoms with Gasteiger partial charge in [0.1, 0.15) is 11.2 Å². The Labute approximate surface area is 147 Å². The number of ether oxygens (including phenoxy) is 1. The lowest BCUT2D eigenvalue weighted by Crippen LogP contribution is -2.33. The smallest absolute Gasteiger partial charge is 0.215 e.